The molecule has 0 bridgehead atoms. The van der Waals surface area contributed by atoms with E-state index in [1.165, 1.54) is 0 Å². The minimum atomic E-state index is -0.930. The molecular formula is C12H21O5. The van der Waals surface area contributed by atoms with Gasteiger partial charge in [-0.05, 0) is 34.6 Å². The molecule has 1 unspecified atom stereocenters. The van der Waals surface area contributed by atoms with E-state index in [9.17, 15) is 4.79 Å². The first-order chi connectivity index (χ1) is 7.76. The van der Waals surface area contributed by atoms with Crippen molar-refractivity contribution in [2.24, 2.45) is 0 Å². The molecule has 17 heavy (non-hydrogen) atoms. The van der Waals surface area contributed by atoms with E-state index in [1.807, 2.05) is 20.8 Å². The van der Waals surface area contributed by atoms with E-state index in [-0.39, 0.29) is 18.8 Å². The standard InChI is InChI=1S/C12H21O5/c1-7-14-8-10(15-11(13)9(2)3)16-17-12(4,5)6/h10H,1-2,7-8H2,3-6H3. The average Bonchev–Trinajstić information content (AvgIpc) is 2.20. The topological polar surface area (TPSA) is 54.0 Å². The van der Waals surface area contributed by atoms with Crippen LogP contribution >= 0.6 is 0 Å². The first kappa shape index (κ1) is 16.1. The molecule has 0 aromatic carbocycles. The van der Waals surface area contributed by atoms with Gasteiger partial charge in [0.25, 0.3) is 6.29 Å². The van der Waals surface area contributed by atoms with Crippen LogP contribution in [-0.4, -0.2) is 31.1 Å². The summed E-state index contributed by atoms with van der Waals surface area (Å²) in [6, 6.07) is 0. The van der Waals surface area contributed by atoms with Crippen molar-refractivity contribution >= 4 is 5.97 Å². The Bertz CT molecular complexity index is 254. The summed E-state index contributed by atoms with van der Waals surface area (Å²) in [4.78, 5) is 21.4. The van der Waals surface area contributed by atoms with E-state index in [0.29, 0.717) is 0 Å². The van der Waals surface area contributed by atoms with Gasteiger partial charge in [0.15, 0.2) is 0 Å². The summed E-state index contributed by atoms with van der Waals surface area (Å²) < 4.78 is 9.99. The second-order valence-corrected chi connectivity index (χ2v) is 4.48. The fraction of sp³-hybridized carbons (Fsp3) is 0.667. The highest BCUT2D eigenvalue weighted by atomic mass is 17.2. The van der Waals surface area contributed by atoms with Crippen molar-refractivity contribution in [3.8, 4) is 0 Å². The van der Waals surface area contributed by atoms with Gasteiger partial charge in [-0.25, -0.2) is 9.68 Å². The van der Waals surface area contributed by atoms with Crippen LogP contribution in [0.15, 0.2) is 12.2 Å². The van der Waals surface area contributed by atoms with Crippen molar-refractivity contribution in [2.45, 2.75) is 39.6 Å². The van der Waals surface area contributed by atoms with Crippen molar-refractivity contribution in [3.63, 3.8) is 0 Å². The van der Waals surface area contributed by atoms with Crippen LogP contribution in [-0.2, 0) is 24.0 Å². The molecule has 5 nitrogen and oxygen atoms in total. The quantitative estimate of drug-likeness (QED) is 0.226. The van der Waals surface area contributed by atoms with Gasteiger partial charge < -0.3 is 9.47 Å². The molecule has 0 aliphatic heterocycles. The highest BCUT2D eigenvalue weighted by Gasteiger charge is 2.20. The molecule has 0 aromatic rings. The van der Waals surface area contributed by atoms with Crippen LogP contribution in [0.5, 0.6) is 0 Å². The fourth-order valence-corrected chi connectivity index (χ4v) is 0.679. The third-order valence-electron chi connectivity index (χ3n) is 1.39. The molecular weight excluding hydrogens is 224 g/mol. The van der Waals surface area contributed by atoms with Crippen molar-refractivity contribution in [1.29, 1.82) is 0 Å². The molecule has 0 N–H and O–H groups in total. The number of carbonyl (C=O) groups is 1. The Labute approximate surface area is 103 Å². The SMILES string of the molecule is [CH2]COCC(OOC(C)(C)C)OC(=O)C(=C)C. The molecule has 0 spiro atoms. The van der Waals surface area contributed by atoms with Crippen LogP contribution in [0.25, 0.3) is 0 Å². The number of rotatable bonds is 7. The van der Waals surface area contributed by atoms with Gasteiger partial charge in [-0.3, -0.25) is 0 Å². The van der Waals surface area contributed by atoms with E-state index in [1.54, 1.807) is 6.92 Å². The molecule has 0 saturated heterocycles. The van der Waals surface area contributed by atoms with Crippen molar-refractivity contribution in [1.82, 2.24) is 0 Å². The van der Waals surface area contributed by atoms with Crippen LogP contribution in [0.4, 0.5) is 0 Å². The highest BCUT2D eigenvalue weighted by Crippen LogP contribution is 2.11. The smallest absolute Gasteiger partial charge is 0.335 e. The maximum absolute atomic E-state index is 11.3. The van der Waals surface area contributed by atoms with Gasteiger partial charge in [0, 0.05) is 12.2 Å². The molecule has 0 saturated carbocycles. The number of hydrogen-bond donors (Lipinski definition) is 0. The second kappa shape index (κ2) is 7.42. The lowest BCUT2D eigenvalue weighted by Gasteiger charge is -2.23. The molecule has 0 amide bonds. The molecule has 1 atom stereocenters. The summed E-state index contributed by atoms with van der Waals surface area (Å²) in [5.74, 6) is -0.555. The maximum Gasteiger partial charge on any atom is 0.335 e. The predicted octanol–water partition coefficient (Wildman–Crippen LogP) is 2.03. The highest BCUT2D eigenvalue weighted by molar-refractivity contribution is 5.86. The summed E-state index contributed by atoms with van der Waals surface area (Å²) >= 11 is 0. The molecule has 0 aliphatic carbocycles. The first-order valence-electron chi connectivity index (χ1n) is 5.34. The van der Waals surface area contributed by atoms with Crippen LogP contribution in [0.2, 0.25) is 0 Å². The molecule has 0 aliphatic rings. The maximum atomic E-state index is 11.3. The minimum Gasteiger partial charge on any atom is -0.427 e. The minimum absolute atomic E-state index is 0.0542. The zero-order valence-electron chi connectivity index (χ0n) is 10.9. The van der Waals surface area contributed by atoms with Gasteiger partial charge in [-0.2, -0.15) is 4.89 Å². The molecule has 0 aromatic heterocycles. The Balaban J connectivity index is 4.23. The summed E-state index contributed by atoms with van der Waals surface area (Å²) in [5, 5.41) is 0. The van der Waals surface area contributed by atoms with Gasteiger partial charge in [0.1, 0.15) is 6.61 Å². The molecule has 5 heteroatoms. The Morgan fingerprint density at radius 1 is 1.35 bits per heavy atom. The number of esters is 1. The van der Waals surface area contributed by atoms with E-state index in [2.05, 4.69) is 13.5 Å². The number of carbonyl (C=O) groups excluding carboxylic acids is 1. The van der Waals surface area contributed by atoms with Crippen LogP contribution < -0.4 is 0 Å². The summed E-state index contributed by atoms with van der Waals surface area (Å²) in [6.45, 7) is 14.3. The lowest BCUT2D eigenvalue weighted by molar-refractivity contribution is -0.413. The normalized spacial score (nSPS) is 13.2. The summed E-state index contributed by atoms with van der Waals surface area (Å²) in [5.41, 5.74) is -0.220. The molecule has 0 rings (SSSR count). The van der Waals surface area contributed by atoms with Gasteiger partial charge in [-0.15, -0.1) is 0 Å². The average molecular weight is 245 g/mol. The largest absolute Gasteiger partial charge is 0.427 e. The first-order valence-corrected chi connectivity index (χ1v) is 5.34. The number of ether oxygens (including phenoxy) is 2. The summed E-state index contributed by atoms with van der Waals surface area (Å²) in [7, 11) is 0. The van der Waals surface area contributed by atoms with Gasteiger partial charge in [0.2, 0.25) is 0 Å². The van der Waals surface area contributed by atoms with Crippen molar-refractivity contribution in [3.05, 3.63) is 19.1 Å². The predicted molar refractivity (Wildman–Crippen MR) is 62.8 cm³/mol. The van der Waals surface area contributed by atoms with Gasteiger partial charge in [0.05, 0.1) is 5.60 Å². The van der Waals surface area contributed by atoms with Gasteiger partial charge in [-0.1, -0.05) is 6.58 Å². The zero-order valence-corrected chi connectivity index (χ0v) is 10.9. The Hall–Kier alpha value is -0.910. The fourth-order valence-electron chi connectivity index (χ4n) is 0.679. The molecule has 99 valence electrons. The van der Waals surface area contributed by atoms with E-state index in [0.717, 1.165) is 0 Å². The second-order valence-electron chi connectivity index (χ2n) is 4.48. The Morgan fingerprint density at radius 2 is 1.94 bits per heavy atom. The Kier molecular flexibility index (Phi) is 7.03. The zero-order chi connectivity index (χ0) is 13.5. The molecule has 0 fully saturated rings. The lowest BCUT2D eigenvalue weighted by Crippen LogP contribution is -2.31. The van der Waals surface area contributed by atoms with E-state index >= 15 is 0 Å². The Morgan fingerprint density at radius 3 is 2.35 bits per heavy atom. The third kappa shape index (κ3) is 8.85. The summed E-state index contributed by atoms with van der Waals surface area (Å²) in [6.07, 6.45) is -0.930. The lowest BCUT2D eigenvalue weighted by atomic mass is 10.2. The van der Waals surface area contributed by atoms with Crippen molar-refractivity contribution < 1.29 is 24.0 Å². The third-order valence-corrected chi connectivity index (χ3v) is 1.39. The van der Waals surface area contributed by atoms with Gasteiger partial charge >= 0.3 is 5.97 Å². The van der Waals surface area contributed by atoms with E-state index < -0.39 is 17.9 Å². The van der Waals surface area contributed by atoms with Crippen molar-refractivity contribution in [2.75, 3.05) is 13.2 Å². The van der Waals surface area contributed by atoms with Crippen LogP contribution in [0.1, 0.15) is 27.7 Å². The van der Waals surface area contributed by atoms with Crippen LogP contribution in [0.3, 0.4) is 0 Å². The van der Waals surface area contributed by atoms with E-state index in [4.69, 9.17) is 19.2 Å². The molecule has 0 heterocycles. The molecule has 1 radical (unpaired) electrons. The monoisotopic (exact) mass is 245 g/mol. The number of hydrogen-bond acceptors (Lipinski definition) is 5. The van der Waals surface area contributed by atoms with Crippen LogP contribution in [0, 0.1) is 6.92 Å².